The minimum atomic E-state index is 0.549. The van der Waals surface area contributed by atoms with Crippen LogP contribution in [-0.4, -0.2) is 28.7 Å². The minimum Gasteiger partial charge on any atom is -0.309 e. The van der Waals surface area contributed by atoms with Gasteiger partial charge in [-0.05, 0) is 42.0 Å². The summed E-state index contributed by atoms with van der Waals surface area (Å²) in [4.78, 5) is 15.9. The molecule has 13 rings (SSSR count). The molecule has 9 aromatic carbocycles. The molecule has 294 valence electrons. The predicted molar refractivity (Wildman–Crippen MR) is 259 cm³/mol. The van der Waals surface area contributed by atoms with E-state index in [1.165, 1.54) is 10.8 Å². The highest BCUT2D eigenvalue weighted by Crippen LogP contribution is 2.47. The van der Waals surface area contributed by atoms with E-state index in [4.69, 9.17) is 15.0 Å². The Morgan fingerprint density at radius 1 is 0.286 bits per heavy atom. The SMILES string of the molecule is c1ccc(-c2nc(-c3ccccc3)nc(-n3c4ccccc4c4cc(-n5c6ccccc6c6ccccc65)c5c6ccccc6n(-c6ccccc6-c6ccccc6)c5c43)n2)cc1. The molecule has 0 saturated heterocycles. The van der Waals surface area contributed by atoms with Crippen LogP contribution in [0.2, 0.25) is 0 Å². The molecule has 13 aromatic rings. The number of hydrogen-bond acceptors (Lipinski definition) is 3. The van der Waals surface area contributed by atoms with Crippen molar-refractivity contribution in [1.29, 1.82) is 0 Å². The van der Waals surface area contributed by atoms with Gasteiger partial charge >= 0.3 is 0 Å². The molecule has 0 fully saturated rings. The summed E-state index contributed by atoms with van der Waals surface area (Å²) in [6.45, 7) is 0. The van der Waals surface area contributed by atoms with Crippen molar-refractivity contribution in [2.24, 2.45) is 0 Å². The molecule has 0 aliphatic carbocycles. The van der Waals surface area contributed by atoms with E-state index >= 15 is 0 Å². The fourth-order valence-electron chi connectivity index (χ4n) is 9.82. The number of fused-ring (bicyclic) bond motifs is 10. The van der Waals surface area contributed by atoms with E-state index in [0.717, 1.165) is 88.3 Å². The molecule has 0 radical (unpaired) electrons. The Bertz CT molecular complexity index is 3790. The number of rotatable bonds is 6. The molecule has 0 aliphatic heterocycles. The smallest absolute Gasteiger partial charge is 0.238 e. The second-order valence-corrected chi connectivity index (χ2v) is 16.0. The fraction of sp³-hybridized carbons (Fsp3) is 0. The zero-order chi connectivity index (χ0) is 41.4. The molecular formula is C57H36N6. The number of para-hydroxylation sites is 5. The molecule has 0 aliphatic rings. The van der Waals surface area contributed by atoms with Crippen LogP contribution in [0.25, 0.3) is 117 Å². The van der Waals surface area contributed by atoms with E-state index in [1.54, 1.807) is 0 Å². The molecule has 6 heteroatoms. The molecule has 0 N–H and O–H groups in total. The van der Waals surface area contributed by atoms with Crippen molar-refractivity contribution in [3.63, 3.8) is 0 Å². The fourth-order valence-corrected chi connectivity index (χ4v) is 9.82. The third-order valence-electron chi connectivity index (χ3n) is 12.5. The van der Waals surface area contributed by atoms with Crippen LogP contribution in [0.5, 0.6) is 0 Å². The number of benzene rings is 9. The summed E-state index contributed by atoms with van der Waals surface area (Å²) >= 11 is 0. The molecule has 0 unspecified atom stereocenters. The van der Waals surface area contributed by atoms with Crippen molar-refractivity contribution in [2.45, 2.75) is 0 Å². The molecule has 4 aromatic heterocycles. The maximum Gasteiger partial charge on any atom is 0.238 e. The molecule has 0 atom stereocenters. The van der Waals surface area contributed by atoms with Crippen LogP contribution in [0.4, 0.5) is 0 Å². The van der Waals surface area contributed by atoms with E-state index < -0.39 is 0 Å². The van der Waals surface area contributed by atoms with Crippen LogP contribution in [0.1, 0.15) is 0 Å². The first-order valence-corrected chi connectivity index (χ1v) is 21.3. The van der Waals surface area contributed by atoms with Gasteiger partial charge in [0.25, 0.3) is 0 Å². The van der Waals surface area contributed by atoms with Gasteiger partial charge in [0.2, 0.25) is 5.95 Å². The summed E-state index contributed by atoms with van der Waals surface area (Å²) in [5, 5.41) is 6.92. The molecule has 4 heterocycles. The van der Waals surface area contributed by atoms with Crippen molar-refractivity contribution < 1.29 is 0 Å². The summed E-state index contributed by atoms with van der Waals surface area (Å²) in [6, 6.07) is 77.4. The summed E-state index contributed by atoms with van der Waals surface area (Å²) in [6.07, 6.45) is 0. The topological polar surface area (TPSA) is 53.5 Å². The highest BCUT2D eigenvalue weighted by atomic mass is 15.2. The Morgan fingerprint density at radius 2 is 0.714 bits per heavy atom. The van der Waals surface area contributed by atoms with Crippen LogP contribution < -0.4 is 0 Å². The van der Waals surface area contributed by atoms with Crippen molar-refractivity contribution in [2.75, 3.05) is 0 Å². The Hall–Kier alpha value is -8.61. The van der Waals surface area contributed by atoms with Gasteiger partial charge in [-0.3, -0.25) is 4.57 Å². The number of aromatic nitrogens is 6. The molecule has 0 bridgehead atoms. The van der Waals surface area contributed by atoms with Crippen LogP contribution >= 0.6 is 0 Å². The number of nitrogens with zero attached hydrogens (tertiary/aromatic N) is 6. The summed E-state index contributed by atoms with van der Waals surface area (Å²) in [5.41, 5.74) is 12.8. The van der Waals surface area contributed by atoms with Gasteiger partial charge in [0.15, 0.2) is 11.6 Å². The zero-order valence-electron chi connectivity index (χ0n) is 34.0. The normalized spacial score (nSPS) is 11.8. The Kier molecular flexibility index (Phi) is 7.80. The lowest BCUT2D eigenvalue weighted by Crippen LogP contribution is -2.07. The Labute approximate surface area is 362 Å². The lowest BCUT2D eigenvalue weighted by molar-refractivity contribution is 0.953. The van der Waals surface area contributed by atoms with Crippen molar-refractivity contribution >= 4 is 65.4 Å². The van der Waals surface area contributed by atoms with Crippen LogP contribution in [0, 0.1) is 0 Å². The van der Waals surface area contributed by atoms with Gasteiger partial charge in [-0.15, -0.1) is 0 Å². The van der Waals surface area contributed by atoms with Crippen molar-refractivity contribution in [3.8, 4) is 51.2 Å². The second-order valence-electron chi connectivity index (χ2n) is 16.0. The van der Waals surface area contributed by atoms with Gasteiger partial charge in [-0.25, -0.2) is 4.98 Å². The van der Waals surface area contributed by atoms with Gasteiger partial charge in [0.1, 0.15) is 0 Å². The monoisotopic (exact) mass is 804 g/mol. The average molecular weight is 805 g/mol. The second kappa shape index (κ2) is 14.0. The average Bonchev–Trinajstić information content (AvgIpc) is 4.01. The van der Waals surface area contributed by atoms with E-state index in [-0.39, 0.29) is 0 Å². The van der Waals surface area contributed by atoms with E-state index in [0.29, 0.717) is 17.6 Å². The maximum absolute atomic E-state index is 5.38. The van der Waals surface area contributed by atoms with E-state index in [9.17, 15) is 0 Å². The first-order valence-electron chi connectivity index (χ1n) is 21.3. The molecule has 0 saturated carbocycles. The Morgan fingerprint density at radius 3 is 1.29 bits per heavy atom. The standard InChI is InChI=1S/C57H36N6/c1-4-20-37(21-5-1)40-26-10-15-31-46(40)62-50-35-19-14-30-44(50)52-51(61-47-32-16-11-27-41(47)42-28-12-17-33-48(42)61)36-45-43-29-13-18-34-49(43)63(53(45)54(52)62)57-59-55(38-22-6-2-7-23-38)58-56(60-57)39-24-8-3-9-25-39/h1-36H. The van der Waals surface area contributed by atoms with Crippen LogP contribution in [0.15, 0.2) is 218 Å². The first kappa shape index (κ1) is 35.2. The van der Waals surface area contributed by atoms with Gasteiger partial charge in [0, 0.05) is 49.0 Å². The van der Waals surface area contributed by atoms with E-state index in [1.807, 2.05) is 36.4 Å². The summed E-state index contributed by atoms with van der Waals surface area (Å²) in [5.74, 6) is 1.77. The molecule has 6 nitrogen and oxygen atoms in total. The van der Waals surface area contributed by atoms with Gasteiger partial charge in [-0.1, -0.05) is 182 Å². The predicted octanol–water partition coefficient (Wildman–Crippen LogP) is 14.2. The Balaban J connectivity index is 1.27. The highest BCUT2D eigenvalue weighted by Gasteiger charge is 2.28. The molecule has 0 spiro atoms. The summed E-state index contributed by atoms with van der Waals surface area (Å²) in [7, 11) is 0. The number of hydrogen-bond donors (Lipinski definition) is 0. The van der Waals surface area contributed by atoms with Crippen molar-refractivity contribution in [1.82, 2.24) is 28.7 Å². The molecule has 0 amide bonds. The van der Waals surface area contributed by atoms with Crippen LogP contribution in [0.3, 0.4) is 0 Å². The largest absolute Gasteiger partial charge is 0.309 e. The molecular weight excluding hydrogens is 769 g/mol. The van der Waals surface area contributed by atoms with Gasteiger partial charge < -0.3 is 9.13 Å². The van der Waals surface area contributed by atoms with Crippen molar-refractivity contribution in [3.05, 3.63) is 218 Å². The van der Waals surface area contributed by atoms with Gasteiger partial charge in [0.05, 0.1) is 44.5 Å². The zero-order valence-corrected chi connectivity index (χ0v) is 34.0. The lowest BCUT2D eigenvalue weighted by atomic mass is 10.0. The minimum absolute atomic E-state index is 0.549. The summed E-state index contributed by atoms with van der Waals surface area (Å²) < 4.78 is 7.24. The third kappa shape index (κ3) is 5.35. The third-order valence-corrected chi connectivity index (χ3v) is 12.5. The quantitative estimate of drug-likeness (QED) is 0.168. The molecule has 63 heavy (non-hydrogen) atoms. The highest BCUT2D eigenvalue weighted by molar-refractivity contribution is 6.27. The van der Waals surface area contributed by atoms with Crippen LogP contribution in [-0.2, 0) is 0 Å². The van der Waals surface area contributed by atoms with Gasteiger partial charge in [-0.2, -0.15) is 9.97 Å². The van der Waals surface area contributed by atoms with E-state index in [2.05, 4.69) is 196 Å². The first-order chi connectivity index (χ1) is 31.3. The lowest BCUT2D eigenvalue weighted by Gasteiger charge is -2.17. The maximum atomic E-state index is 5.38.